The molecule has 0 aromatic rings. The standard InChI is InChI=1S/C12H23NO2/c1-14-8-3-2-7-13-11-6-9-15-12(11)10-4-5-10/h10-13H,2-9H2,1H3. The lowest BCUT2D eigenvalue weighted by Crippen LogP contribution is -2.38. The van der Waals surface area contributed by atoms with Crippen molar-refractivity contribution in [2.24, 2.45) is 5.92 Å². The Bertz CT molecular complexity index is 182. The van der Waals surface area contributed by atoms with Gasteiger partial charge in [0.15, 0.2) is 0 Å². The van der Waals surface area contributed by atoms with E-state index in [9.17, 15) is 0 Å². The summed E-state index contributed by atoms with van der Waals surface area (Å²) in [4.78, 5) is 0. The molecule has 2 fully saturated rings. The molecule has 0 spiro atoms. The van der Waals surface area contributed by atoms with Crippen molar-refractivity contribution in [3.05, 3.63) is 0 Å². The molecule has 1 N–H and O–H groups in total. The summed E-state index contributed by atoms with van der Waals surface area (Å²) >= 11 is 0. The molecule has 88 valence electrons. The molecule has 0 aromatic heterocycles. The molecule has 0 aromatic carbocycles. The van der Waals surface area contributed by atoms with Crippen LogP contribution in [-0.4, -0.2) is 39.0 Å². The van der Waals surface area contributed by atoms with Crippen LogP contribution in [0.1, 0.15) is 32.1 Å². The summed E-state index contributed by atoms with van der Waals surface area (Å²) in [7, 11) is 1.77. The van der Waals surface area contributed by atoms with Gasteiger partial charge in [0, 0.05) is 26.4 Å². The maximum atomic E-state index is 5.78. The van der Waals surface area contributed by atoms with Crippen LogP contribution >= 0.6 is 0 Å². The Hall–Kier alpha value is -0.120. The number of hydrogen-bond donors (Lipinski definition) is 1. The summed E-state index contributed by atoms with van der Waals surface area (Å²) in [5.74, 6) is 0.865. The van der Waals surface area contributed by atoms with Gasteiger partial charge in [0.25, 0.3) is 0 Å². The van der Waals surface area contributed by atoms with Crippen LogP contribution in [-0.2, 0) is 9.47 Å². The zero-order valence-corrected chi connectivity index (χ0v) is 9.71. The fraction of sp³-hybridized carbons (Fsp3) is 1.00. The molecule has 1 saturated heterocycles. The van der Waals surface area contributed by atoms with Crippen LogP contribution < -0.4 is 5.32 Å². The van der Waals surface area contributed by atoms with Gasteiger partial charge in [-0.2, -0.15) is 0 Å². The molecule has 2 rings (SSSR count). The first kappa shape index (κ1) is 11.4. The third-order valence-electron chi connectivity index (χ3n) is 3.40. The van der Waals surface area contributed by atoms with E-state index in [1.807, 2.05) is 0 Å². The predicted molar refractivity (Wildman–Crippen MR) is 60.0 cm³/mol. The van der Waals surface area contributed by atoms with Gasteiger partial charge in [-0.1, -0.05) is 0 Å². The van der Waals surface area contributed by atoms with Crippen LogP contribution in [0.3, 0.4) is 0 Å². The predicted octanol–water partition coefficient (Wildman–Crippen LogP) is 1.57. The van der Waals surface area contributed by atoms with Crippen molar-refractivity contribution >= 4 is 0 Å². The molecule has 1 heterocycles. The van der Waals surface area contributed by atoms with E-state index in [2.05, 4.69) is 5.32 Å². The van der Waals surface area contributed by atoms with E-state index >= 15 is 0 Å². The highest BCUT2D eigenvalue weighted by molar-refractivity contribution is 4.93. The molecule has 1 saturated carbocycles. The quantitative estimate of drug-likeness (QED) is 0.651. The topological polar surface area (TPSA) is 30.5 Å². The average Bonchev–Trinajstić information content (AvgIpc) is 2.99. The summed E-state index contributed by atoms with van der Waals surface area (Å²) in [6.07, 6.45) is 6.85. The normalized spacial score (nSPS) is 31.0. The van der Waals surface area contributed by atoms with E-state index in [-0.39, 0.29) is 0 Å². The highest BCUT2D eigenvalue weighted by Crippen LogP contribution is 2.38. The van der Waals surface area contributed by atoms with Crippen LogP contribution in [0.4, 0.5) is 0 Å². The Labute approximate surface area is 92.5 Å². The zero-order chi connectivity index (χ0) is 10.5. The van der Waals surface area contributed by atoms with Crippen molar-refractivity contribution in [2.45, 2.75) is 44.2 Å². The molecule has 15 heavy (non-hydrogen) atoms. The molecule has 2 atom stereocenters. The molecule has 1 aliphatic heterocycles. The van der Waals surface area contributed by atoms with Crippen molar-refractivity contribution in [1.29, 1.82) is 0 Å². The van der Waals surface area contributed by atoms with E-state index < -0.39 is 0 Å². The van der Waals surface area contributed by atoms with Crippen LogP contribution in [0.5, 0.6) is 0 Å². The SMILES string of the molecule is COCCCCNC1CCOC1C1CC1. The Balaban J connectivity index is 1.57. The summed E-state index contributed by atoms with van der Waals surface area (Å²) in [5, 5.41) is 3.63. The van der Waals surface area contributed by atoms with Crippen LogP contribution in [0.2, 0.25) is 0 Å². The van der Waals surface area contributed by atoms with Crippen molar-refractivity contribution in [3.8, 4) is 0 Å². The van der Waals surface area contributed by atoms with Gasteiger partial charge < -0.3 is 14.8 Å². The van der Waals surface area contributed by atoms with E-state index in [4.69, 9.17) is 9.47 Å². The number of hydrogen-bond acceptors (Lipinski definition) is 3. The first-order valence-electron chi connectivity index (χ1n) is 6.25. The van der Waals surface area contributed by atoms with Gasteiger partial charge >= 0.3 is 0 Å². The van der Waals surface area contributed by atoms with Gasteiger partial charge in [0.1, 0.15) is 0 Å². The van der Waals surface area contributed by atoms with Crippen molar-refractivity contribution in [2.75, 3.05) is 26.9 Å². The van der Waals surface area contributed by atoms with Crippen LogP contribution in [0.25, 0.3) is 0 Å². The van der Waals surface area contributed by atoms with Gasteiger partial charge in [0.05, 0.1) is 6.10 Å². The number of unbranched alkanes of at least 4 members (excludes halogenated alkanes) is 1. The van der Waals surface area contributed by atoms with Crippen molar-refractivity contribution in [3.63, 3.8) is 0 Å². The van der Waals surface area contributed by atoms with Gasteiger partial charge in [-0.05, 0) is 44.6 Å². The maximum absolute atomic E-state index is 5.78. The first-order chi connectivity index (χ1) is 7.42. The Morgan fingerprint density at radius 2 is 2.13 bits per heavy atom. The Morgan fingerprint density at radius 1 is 1.27 bits per heavy atom. The lowest BCUT2D eigenvalue weighted by Gasteiger charge is -2.19. The fourth-order valence-electron chi connectivity index (χ4n) is 2.38. The third-order valence-corrected chi connectivity index (χ3v) is 3.40. The van der Waals surface area contributed by atoms with Crippen LogP contribution in [0, 0.1) is 5.92 Å². The molecule has 0 bridgehead atoms. The monoisotopic (exact) mass is 213 g/mol. The van der Waals surface area contributed by atoms with E-state index in [1.165, 1.54) is 25.7 Å². The number of nitrogens with one attached hydrogen (secondary N) is 1. The summed E-state index contributed by atoms with van der Waals surface area (Å²) in [6, 6.07) is 0.625. The van der Waals surface area contributed by atoms with Gasteiger partial charge in [0.2, 0.25) is 0 Å². The largest absolute Gasteiger partial charge is 0.385 e. The van der Waals surface area contributed by atoms with Gasteiger partial charge in [-0.3, -0.25) is 0 Å². The number of methoxy groups -OCH3 is 1. The minimum atomic E-state index is 0.521. The maximum Gasteiger partial charge on any atom is 0.0756 e. The van der Waals surface area contributed by atoms with E-state index in [1.54, 1.807) is 7.11 Å². The lowest BCUT2D eigenvalue weighted by atomic mass is 10.1. The highest BCUT2D eigenvalue weighted by atomic mass is 16.5. The zero-order valence-electron chi connectivity index (χ0n) is 9.71. The molecule has 3 nitrogen and oxygen atoms in total. The van der Waals surface area contributed by atoms with E-state index in [0.29, 0.717) is 12.1 Å². The van der Waals surface area contributed by atoms with Gasteiger partial charge in [-0.15, -0.1) is 0 Å². The smallest absolute Gasteiger partial charge is 0.0756 e. The number of ether oxygens (including phenoxy) is 2. The van der Waals surface area contributed by atoms with E-state index in [0.717, 1.165) is 32.1 Å². The first-order valence-corrected chi connectivity index (χ1v) is 6.25. The molecular formula is C12H23NO2. The fourth-order valence-corrected chi connectivity index (χ4v) is 2.38. The molecule has 2 unspecified atom stereocenters. The second-order valence-corrected chi connectivity index (χ2v) is 4.72. The second-order valence-electron chi connectivity index (χ2n) is 4.72. The summed E-state index contributed by atoms with van der Waals surface area (Å²) in [6.45, 7) is 2.95. The molecule has 2 aliphatic rings. The molecule has 0 radical (unpaired) electrons. The average molecular weight is 213 g/mol. The highest BCUT2D eigenvalue weighted by Gasteiger charge is 2.40. The summed E-state index contributed by atoms with van der Waals surface area (Å²) < 4.78 is 10.8. The molecule has 0 amide bonds. The number of rotatable bonds is 7. The molecular weight excluding hydrogens is 190 g/mol. The van der Waals surface area contributed by atoms with Crippen molar-refractivity contribution < 1.29 is 9.47 Å². The second kappa shape index (κ2) is 5.83. The Kier molecular flexibility index (Phi) is 4.42. The molecule has 3 heteroatoms. The lowest BCUT2D eigenvalue weighted by molar-refractivity contribution is 0.0810. The summed E-state index contributed by atoms with van der Waals surface area (Å²) in [5.41, 5.74) is 0. The van der Waals surface area contributed by atoms with Crippen LogP contribution in [0.15, 0.2) is 0 Å². The van der Waals surface area contributed by atoms with Crippen molar-refractivity contribution in [1.82, 2.24) is 5.32 Å². The molecule has 1 aliphatic carbocycles. The minimum Gasteiger partial charge on any atom is -0.385 e. The Morgan fingerprint density at radius 3 is 2.87 bits per heavy atom. The van der Waals surface area contributed by atoms with Gasteiger partial charge in [-0.25, -0.2) is 0 Å². The minimum absolute atomic E-state index is 0.521. The third kappa shape index (κ3) is 3.44.